The molecular formula is C27H31ClN6O7S. The fourth-order valence-electron chi connectivity index (χ4n) is 5.26. The van der Waals surface area contributed by atoms with Crippen LogP contribution in [0.15, 0.2) is 30.5 Å². The molecule has 42 heavy (non-hydrogen) atoms. The molecule has 13 nitrogen and oxygen atoms in total. The van der Waals surface area contributed by atoms with Crippen LogP contribution in [0.2, 0.25) is 5.02 Å². The number of carbonyl (C=O) groups is 3. The number of anilines is 2. The lowest BCUT2D eigenvalue weighted by atomic mass is 9.98. The van der Waals surface area contributed by atoms with Crippen LogP contribution in [-0.2, 0) is 24.3 Å². The molecule has 3 aromatic rings. The van der Waals surface area contributed by atoms with E-state index in [4.69, 9.17) is 31.5 Å². The number of benzene rings is 1. The molecule has 0 saturated carbocycles. The maximum Gasteiger partial charge on any atom is 0.306 e. The highest BCUT2D eigenvalue weighted by Crippen LogP contribution is 2.34. The first kappa shape index (κ1) is 29.6. The number of ether oxygens (including phenoxy) is 1. The number of nitrogens with zero attached hydrogens (tertiary/aromatic N) is 5. The number of sulfonamides is 1. The summed E-state index contributed by atoms with van der Waals surface area (Å²) in [5, 5.41) is 13.8. The molecule has 1 atom stereocenters. The van der Waals surface area contributed by atoms with E-state index < -0.39 is 22.0 Å². The molecule has 0 radical (unpaired) electrons. The topological polar surface area (TPSA) is 164 Å². The van der Waals surface area contributed by atoms with E-state index >= 15 is 0 Å². The fourth-order valence-corrected chi connectivity index (χ4v) is 6.01. The highest BCUT2D eigenvalue weighted by Gasteiger charge is 2.34. The number of carboxylic acids is 1. The van der Waals surface area contributed by atoms with Crippen LogP contribution < -0.4 is 9.62 Å². The van der Waals surface area contributed by atoms with E-state index in [0.717, 1.165) is 30.5 Å². The van der Waals surface area contributed by atoms with Crippen LogP contribution in [0.5, 0.6) is 0 Å². The number of carboxylic acid groups (broad SMARTS) is 1. The molecule has 2 fully saturated rings. The molecule has 0 bridgehead atoms. The smallest absolute Gasteiger partial charge is 0.306 e. The zero-order valence-corrected chi connectivity index (χ0v) is 24.7. The number of hydrogen-bond donors (Lipinski definition) is 2. The first-order valence-corrected chi connectivity index (χ1v) is 15.8. The molecule has 2 aromatic heterocycles. The summed E-state index contributed by atoms with van der Waals surface area (Å²) in [6.07, 6.45) is 4.48. The van der Waals surface area contributed by atoms with Crippen molar-refractivity contribution in [3.05, 3.63) is 52.3 Å². The first-order chi connectivity index (χ1) is 19.9. The largest absolute Gasteiger partial charge is 0.481 e. The van der Waals surface area contributed by atoms with Crippen LogP contribution in [0.3, 0.4) is 0 Å². The molecule has 2 aliphatic rings. The number of rotatable bonds is 9. The molecule has 0 spiro atoms. The van der Waals surface area contributed by atoms with E-state index in [1.165, 1.54) is 18.2 Å². The van der Waals surface area contributed by atoms with Gasteiger partial charge in [-0.15, -0.1) is 0 Å². The summed E-state index contributed by atoms with van der Waals surface area (Å²) in [5.41, 5.74) is 2.44. The van der Waals surface area contributed by atoms with Crippen molar-refractivity contribution in [3.8, 4) is 0 Å². The summed E-state index contributed by atoms with van der Waals surface area (Å²) < 4.78 is 33.3. The number of hydrogen-bond acceptors (Lipinski definition) is 9. The number of nitrogens with one attached hydrogen (secondary N) is 1. The number of aliphatic carboxylic acids is 1. The predicted octanol–water partition coefficient (Wildman–Crippen LogP) is 3.03. The van der Waals surface area contributed by atoms with Crippen molar-refractivity contribution >= 4 is 56.6 Å². The molecule has 1 amide bonds. The normalized spacial score (nSPS) is 17.6. The standard InChI is InChI=1S/C27H31ClN6O7S/c1-16-13-34-23(29-26(16)32-14-18(15-32)41-25(37)9-8-24(35)36)12-21(30-34)22-5-3-4-10-33(22)27(38)19-11-17(28)6-7-20(19)31-42(2,39)40/h6-7,11-13,18,22,31H,3-5,8-10,14-15H2,1-2H3,(H,35,36). The molecule has 2 saturated heterocycles. The van der Waals surface area contributed by atoms with Crippen LogP contribution in [0, 0.1) is 6.92 Å². The van der Waals surface area contributed by atoms with Crippen LogP contribution in [0.4, 0.5) is 11.5 Å². The second kappa shape index (κ2) is 11.8. The number of esters is 1. The van der Waals surface area contributed by atoms with Crippen LogP contribution in [0.25, 0.3) is 5.65 Å². The lowest BCUT2D eigenvalue weighted by Gasteiger charge is -2.39. The minimum Gasteiger partial charge on any atom is -0.481 e. The molecule has 5 rings (SSSR count). The number of piperidine rings is 1. The molecule has 224 valence electrons. The Morgan fingerprint density at radius 1 is 1.17 bits per heavy atom. The Morgan fingerprint density at radius 3 is 2.64 bits per heavy atom. The molecule has 2 N–H and O–H groups in total. The van der Waals surface area contributed by atoms with E-state index in [1.54, 1.807) is 9.42 Å². The van der Waals surface area contributed by atoms with Gasteiger partial charge in [0.15, 0.2) is 5.65 Å². The third kappa shape index (κ3) is 6.59. The quantitative estimate of drug-likeness (QED) is 0.341. The maximum atomic E-state index is 13.8. The van der Waals surface area contributed by atoms with Gasteiger partial charge in [0.25, 0.3) is 5.91 Å². The Hall–Kier alpha value is -3.91. The van der Waals surface area contributed by atoms with Crippen molar-refractivity contribution < 1.29 is 32.6 Å². The number of aryl methyl sites for hydroxylation is 1. The lowest BCUT2D eigenvalue weighted by molar-refractivity contribution is -0.153. The molecule has 1 aromatic carbocycles. The van der Waals surface area contributed by atoms with Gasteiger partial charge in [0.05, 0.1) is 55.2 Å². The summed E-state index contributed by atoms with van der Waals surface area (Å²) in [6, 6.07) is 5.97. The van der Waals surface area contributed by atoms with Crippen molar-refractivity contribution in [2.24, 2.45) is 0 Å². The van der Waals surface area contributed by atoms with Gasteiger partial charge in [-0.2, -0.15) is 5.10 Å². The summed E-state index contributed by atoms with van der Waals surface area (Å²) in [6.45, 7) is 3.26. The van der Waals surface area contributed by atoms with Gasteiger partial charge >= 0.3 is 11.9 Å². The molecule has 15 heteroatoms. The van der Waals surface area contributed by atoms with Crippen molar-refractivity contribution in [1.82, 2.24) is 19.5 Å². The Bertz CT molecular complexity index is 1650. The zero-order chi connectivity index (χ0) is 30.2. The Balaban J connectivity index is 1.35. The maximum absolute atomic E-state index is 13.8. The Labute approximate surface area is 247 Å². The highest BCUT2D eigenvalue weighted by atomic mass is 35.5. The number of aromatic nitrogens is 3. The fraction of sp³-hybridized carbons (Fsp3) is 0.444. The van der Waals surface area contributed by atoms with E-state index in [1.807, 2.05) is 24.1 Å². The second-order valence-electron chi connectivity index (χ2n) is 10.6. The Morgan fingerprint density at radius 2 is 1.93 bits per heavy atom. The van der Waals surface area contributed by atoms with Gasteiger partial charge in [-0.25, -0.2) is 17.9 Å². The van der Waals surface area contributed by atoms with Gasteiger partial charge in [-0.3, -0.25) is 19.1 Å². The highest BCUT2D eigenvalue weighted by molar-refractivity contribution is 7.92. The van der Waals surface area contributed by atoms with Gasteiger partial charge < -0.3 is 19.6 Å². The molecular weight excluding hydrogens is 588 g/mol. The number of amides is 1. The third-order valence-corrected chi connectivity index (χ3v) is 8.05. The molecule has 0 aliphatic carbocycles. The summed E-state index contributed by atoms with van der Waals surface area (Å²) in [4.78, 5) is 44.8. The van der Waals surface area contributed by atoms with E-state index in [2.05, 4.69) is 4.72 Å². The van der Waals surface area contributed by atoms with Crippen molar-refractivity contribution in [1.29, 1.82) is 0 Å². The van der Waals surface area contributed by atoms with Gasteiger partial charge in [0.2, 0.25) is 10.0 Å². The van der Waals surface area contributed by atoms with Crippen molar-refractivity contribution in [3.63, 3.8) is 0 Å². The number of halogens is 1. The SMILES string of the molecule is Cc1cn2nc(C3CCCCN3C(=O)c3cc(Cl)ccc3NS(C)(=O)=O)cc2nc1N1CC(OC(=O)CCC(=O)O)C1. The third-order valence-electron chi connectivity index (χ3n) is 7.23. The Kier molecular flexibility index (Phi) is 8.28. The number of likely N-dealkylation sites (tertiary alicyclic amines) is 1. The van der Waals surface area contributed by atoms with Gasteiger partial charge in [-0.1, -0.05) is 11.6 Å². The predicted molar refractivity (Wildman–Crippen MR) is 154 cm³/mol. The van der Waals surface area contributed by atoms with Crippen molar-refractivity contribution in [2.45, 2.75) is 51.2 Å². The lowest BCUT2D eigenvalue weighted by Crippen LogP contribution is -2.53. The average Bonchev–Trinajstić information content (AvgIpc) is 3.31. The van der Waals surface area contributed by atoms with E-state index in [0.29, 0.717) is 42.4 Å². The van der Waals surface area contributed by atoms with E-state index in [-0.39, 0.29) is 42.1 Å². The summed E-state index contributed by atoms with van der Waals surface area (Å²) in [7, 11) is -3.63. The van der Waals surface area contributed by atoms with Crippen LogP contribution in [0.1, 0.15) is 59.8 Å². The monoisotopic (exact) mass is 618 g/mol. The summed E-state index contributed by atoms with van der Waals surface area (Å²) in [5.74, 6) is -1.21. The second-order valence-corrected chi connectivity index (χ2v) is 12.8. The van der Waals surface area contributed by atoms with Crippen molar-refractivity contribution in [2.75, 3.05) is 35.5 Å². The zero-order valence-electron chi connectivity index (χ0n) is 23.1. The summed E-state index contributed by atoms with van der Waals surface area (Å²) >= 11 is 6.19. The minimum atomic E-state index is -3.63. The number of fused-ring (bicyclic) bond motifs is 1. The van der Waals surface area contributed by atoms with Gasteiger partial charge in [0.1, 0.15) is 11.9 Å². The average molecular weight is 619 g/mol. The number of carbonyl (C=O) groups excluding carboxylic acids is 2. The first-order valence-electron chi connectivity index (χ1n) is 13.5. The van der Waals surface area contributed by atoms with Crippen LogP contribution in [-0.4, -0.2) is 82.9 Å². The minimum absolute atomic E-state index is 0.161. The van der Waals surface area contributed by atoms with E-state index in [9.17, 15) is 22.8 Å². The van der Waals surface area contributed by atoms with Gasteiger partial charge in [0, 0.05) is 29.4 Å². The molecule has 1 unspecified atom stereocenters. The van der Waals surface area contributed by atoms with Crippen LogP contribution >= 0.6 is 11.6 Å². The van der Waals surface area contributed by atoms with Gasteiger partial charge in [-0.05, 0) is 44.4 Å². The molecule has 2 aliphatic heterocycles. The molecule has 4 heterocycles.